The van der Waals surface area contributed by atoms with Gasteiger partial charge in [-0.1, -0.05) is 0 Å². The first kappa shape index (κ1) is 19.1. The topological polar surface area (TPSA) is 54.4 Å². The van der Waals surface area contributed by atoms with Crippen LogP contribution in [0.25, 0.3) is 11.1 Å². The van der Waals surface area contributed by atoms with Gasteiger partial charge in [0.05, 0.1) is 11.1 Å². The third-order valence-corrected chi connectivity index (χ3v) is 3.82. The van der Waals surface area contributed by atoms with Crippen LogP contribution in [-0.4, -0.2) is 13.0 Å². The standard InChI is InChI=1S/C12HF9O3S/c13-3-1(4(14)8(18)9(19)7(3)17)2-5(15)10(20)12(25(22,23)24)11(21)6(2)16/h(H,22,23,24). The van der Waals surface area contributed by atoms with E-state index in [0.717, 1.165) is 0 Å². The Morgan fingerprint density at radius 3 is 1.00 bits per heavy atom. The Balaban J connectivity index is 3.08. The van der Waals surface area contributed by atoms with Gasteiger partial charge < -0.3 is 0 Å². The molecule has 0 atom stereocenters. The summed E-state index contributed by atoms with van der Waals surface area (Å²) in [6.45, 7) is 0. The third kappa shape index (κ3) is 2.72. The van der Waals surface area contributed by atoms with Crippen LogP contribution in [0, 0.1) is 52.4 Å². The summed E-state index contributed by atoms with van der Waals surface area (Å²) in [4.78, 5) is -2.55. The van der Waals surface area contributed by atoms with E-state index in [1.165, 1.54) is 0 Å². The molecule has 0 radical (unpaired) electrons. The highest BCUT2D eigenvalue weighted by atomic mass is 32.2. The number of rotatable bonds is 2. The van der Waals surface area contributed by atoms with E-state index in [-0.39, 0.29) is 0 Å². The lowest BCUT2D eigenvalue weighted by Gasteiger charge is -2.13. The summed E-state index contributed by atoms with van der Waals surface area (Å²) in [7, 11) is -5.88. The Hall–Kier alpha value is -2.28. The summed E-state index contributed by atoms with van der Waals surface area (Å²) in [5.74, 6) is -25.0. The fourth-order valence-electron chi connectivity index (χ4n) is 1.88. The average molecular weight is 396 g/mol. The molecule has 136 valence electrons. The van der Waals surface area contributed by atoms with Crippen molar-refractivity contribution in [3.05, 3.63) is 52.4 Å². The van der Waals surface area contributed by atoms with Crippen LogP contribution < -0.4 is 0 Å². The van der Waals surface area contributed by atoms with Crippen molar-refractivity contribution in [3.63, 3.8) is 0 Å². The van der Waals surface area contributed by atoms with Gasteiger partial charge in [0, 0.05) is 0 Å². The molecule has 2 aromatic rings. The van der Waals surface area contributed by atoms with Crippen LogP contribution in [0.4, 0.5) is 39.5 Å². The quantitative estimate of drug-likeness (QED) is 0.363. The maximum absolute atomic E-state index is 13.8. The first-order chi connectivity index (χ1) is 11.3. The first-order valence-electron chi connectivity index (χ1n) is 5.67. The van der Waals surface area contributed by atoms with Gasteiger partial charge in [0.2, 0.25) is 5.82 Å². The summed E-state index contributed by atoms with van der Waals surface area (Å²) < 4.78 is 151. The normalized spacial score (nSPS) is 11.9. The lowest BCUT2D eigenvalue weighted by Crippen LogP contribution is -2.13. The number of hydrogen-bond donors (Lipinski definition) is 1. The van der Waals surface area contributed by atoms with Gasteiger partial charge >= 0.3 is 10.1 Å². The molecule has 0 bridgehead atoms. The van der Waals surface area contributed by atoms with Crippen LogP contribution in [0.2, 0.25) is 0 Å². The van der Waals surface area contributed by atoms with Gasteiger partial charge in [-0.15, -0.1) is 0 Å². The SMILES string of the molecule is O=S(=O)(O)c1c(F)c(F)c(-c2c(F)c(F)c(F)c(F)c2F)c(F)c1F. The highest BCUT2D eigenvalue weighted by Gasteiger charge is 2.37. The van der Waals surface area contributed by atoms with E-state index < -0.39 is 78.5 Å². The van der Waals surface area contributed by atoms with Gasteiger partial charge in [-0.2, -0.15) is 8.42 Å². The average Bonchev–Trinajstić information content (AvgIpc) is 2.51. The maximum atomic E-state index is 13.8. The fraction of sp³-hybridized carbons (Fsp3) is 0. The molecular formula is C12HF9O3S. The van der Waals surface area contributed by atoms with Crippen molar-refractivity contribution in [3.8, 4) is 11.1 Å². The Labute approximate surface area is 132 Å². The maximum Gasteiger partial charge on any atom is 0.300 e. The predicted octanol–water partition coefficient (Wildman–Crippen LogP) is 3.85. The van der Waals surface area contributed by atoms with Crippen molar-refractivity contribution >= 4 is 10.1 Å². The number of hydrogen-bond acceptors (Lipinski definition) is 2. The minimum Gasteiger partial charge on any atom is -0.282 e. The molecule has 0 aliphatic heterocycles. The van der Waals surface area contributed by atoms with Crippen molar-refractivity contribution in [1.29, 1.82) is 0 Å². The van der Waals surface area contributed by atoms with Gasteiger partial charge in [-0.25, -0.2) is 39.5 Å². The van der Waals surface area contributed by atoms with Gasteiger partial charge in [0.15, 0.2) is 51.4 Å². The van der Waals surface area contributed by atoms with E-state index in [9.17, 15) is 47.9 Å². The highest BCUT2D eigenvalue weighted by molar-refractivity contribution is 7.85. The molecule has 1 N–H and O–H groups in total. The first-order valence-corrected chi connectivity index (χ1v) is 7.11. The Morgan fingerprint density at radius 1 is 0.480 bits per heavy atom. The van der Waals surface area contributed by atoms with Crippen LogP contribution in [0.1, 0.15) is 0 Å². The Bertz CT molecular complexity index is 959. The largest absolute Gasteiger partial charge is 0.300 e. The van der Waals surface area contributed by atoms with Crippen LogP contribution in [0.15, 0.2) is 4.90 Å². The summed E-state index contributed by atoms with van der Waals surface area (Å²) in [6.07, 6.45) is 0. The molecule has 2 aromatic carbocycles. The van der Waals surface area contributed by atoms with E-state index in [4.69, 9.17) is 4.55 Å². The van der Waals surface area contributed by atoms with Crippen molar-refractivity contribution in [2.75, 3.05) is 0 Å². The van der Waals surface area contributed by atoms with Gasteiger partial charge in [0.1, 0.15) is 0 Å². The molecule has 2 rings (SSSR count). The van der Waals surface area contributed by atoms with Crippen LogP contribution >= 0.6 is 0 Å². The molecule has 0 unspecified atom stereocenters. The number of benzene rings is 2. The second kappa shape index (κ2) is 5.91. The lowest BCUT2D eigenvalue weighted by molar-refractivity contribution is 0.377. The summed E-state index contributed by atoms with van der Waals surface area (Å²) >= 11 is 0. The second-order valence-electron chi connectivity index (χ2n) is 4.38. The van der Waals surface area contributed by atoms with Crippen LogP contribution in [-0.2, 0) is 10.1 Å². The summed E-state index contributed by atoms with van der Waals surface area (Å²) in [5.41, 5.74) is -4.76. The molecule has 0 heterocycles. The number of halogens is 9. The molecule has 25 heavy (non-hydrogen) atoms. The molecule has 0 spiro atoms. The third-order valence-electron chi connectivity index (χ3n) is 2.94. The van der Waals surface area contributed by atoms with Crippen molar-refractivity contribution in [2.45, 2.75) is 4.90 Å². The Kier molecular flexibility index (Phi) is 4.50. The molecule has 0 amide bonds. The van der Waals surface area contributed by atoms with Crippen molar-refractivity contribution in [1.82, 2.24) is 0 Å². The van der Waals surface area contributed by atoms with Crippen molar-refractivity contribution < 1.29 is 52.5 Å². The lowest BCUT2D eigenvalue weighted by atomic mass is 10.0. The van der Waals surface area contributed by atoms with Gasteiger partial charge in [-0.3, -0.25) is 4.55 Å². The molecular weight excluding hydrogens is 395 g/mol. The van der Waals surface area contributed by atoms with Crippen LogP contribution in [0.5, 0.6) is 0 Å². The summed E-state index contributed by atoms with van der Waals surface area (Å²) in [5, 5.41) is 0. The van der Waals surface area contributed by atoms with Crippen LogP contribution in [0.3, 0.4) is 0 Å². The zero-order valence-corrected chi connectivity index (χ0v) is 11.9. The zero-order valence-electron chi connectivity index (χ0n) is 11.1. The van der Waals surface area contributed by atoms with E-state index in [0.29, 0.717) is 0 Å². The monoisotopic (exact) mass is 396 g/mol. The molecule has 13 heteroatoms. The van der Waals surface area contributed by atoms with E-state index in [1.54, 1.807) is 0 Å². The van der Waals surface area contributed by atoms with E-state index >= 15 is 0 Å². The molecule has 0 saturated carbocycles. The second-order valence-corrected chi connectivity index (χ2v) is 5.74. The Morgan fingerprint density at radius 2 is 0.720 bits per heavy atom. The minimum absolute atomic E-state index is 2.37. The molecule has 0 aliphatic rings. The minimum atomic E-state index is -5.88. The molecule has 0 fully saturated rings. The molecule has 0 aliphatic carbocycles. The fourth-order valence-corrected chi connectivity index (χ4v) is 2.51. The van der Waals surface area contributed by atoms with Gasteiger partial charge in [0.25, 0.3) is 0 Å². The molecule has 0 aromatic heterocycles. The van der Waals surface area contributed by atoms with Crippen molar-refractivity contribution in [2.24, 2.45) is 0 Å². The van der Waals surface area contributed by atoms with E-state index in [2.05, 4.69) is 0 Å². The molecule has 0 saturated heterocycles. The smallest absolute Gasteiger partial charge is 0.282 e. The highest BCUT2D eigenvalue weighted by Crippen LogP contribution is 2.38. The summed E-state index contributed by atoms with van der Waals surface area (Å²) in [6, 6.07) is 0. The van der Waals surface area contributed by atoms with E-state index in [1.807, 2.05) is 0 Å². The van der Waals surface area contributed by atoms with Gasteiger partial charge in [-0.05, 0) is 0 Å². The molecule has 3 nitrogen and oxygen atoms in total. The zero-order chi connectivity index (χ0) is 19.4. The predicted molar refractivity (Wildman–Crippen MR) is 61.3 cm³/mol.